The first-order valence-electron chi connectivity index (χ1n) is 9.46. The molecule has 0 saturated carbocycles. The molecule has 0 spiro atoms. The fourth-order valence-electron chi connectivity index (χ4n) is 3.04. The van der Waals surface area contributed by atoms with Gasteiger partial charge in [0.2, 0.25) is 0 Å². The quantitative estimate of drug-likeness (QED) is 0.581. The number of fused-ring (bicyclic) bond motifs is 1. The van der Waals surface area contributed by atoms with Gasteiger partial charge >= 0.3 is 0 Å². The molecule has 0 fully saturated rings. The predicted octanol–water partition coefficient (Wildman–Crippen LogP) is 2.74. The Morgan fingerprint density at radius 2 is 2.11 bits per heavy atom. The molecule has 0 amide bonds. The molecule has 1 N–H and O–H groups in total. The molecule has 0 radical (unpaired) electrons. The summed E-state index contributed by atoms with van der Waals surface area (Å²) in [5, 5.41) is 12.6. The van der Waals surface area contributed by atoms with E-state index in [9.17, 15) is 0 Å². The number of benzene rings is 1. The number of aliphatic imine (C=N–C) groups is 1. The third-order valence-corrected chi connectivity index (χ3v) is 4.76. The Balaban J connectivity index is 1.55. The zero-order valence-corrected chi connectivity index (χ0v) is 16.7. The SMILES string of the molecule is CCNC(=NCc1nnc2n1CCCC2)N(C)CCOc1ccc(Cl)cc1. The number of rotatable bonds is 7. The Kier molecular flexibility index (Phi) is 6.92. The molecule has 2 aromatic rings. The van der Waals surface area contributed by atoms with Crippen molar-refractivity contribution in [2.24, 2.45) is 4.99 Å². The Morgan fingerprint density at radius 3 is 2.89 bits per heavy atom. The van der Waals surface area contributed by atoms with Crippen molar-refractivity contribution in [2.45, 2.75) is 39.3 Å². The zero-order valence-electron chi connectivity index (χ0n) is 16.0. The van der Waals surface area contributed by atoms with E-state index in [1.54, 1.807) is 0 Å². The molecule has 0 atom stereocenters. The number of aromatic nitrogens is 3. The first-order chi connectivity index (χ1) is 13.2. The standard InChI is InChI=1S/C19H27ClN6O/c1-3-21-19(22-14-18-24-23-17-6-4-5-11-26(17)18)25(2)12-13-27-16-9-7-15(20)8-10-16/h7-10H,3-6,11-14H2,1-2H3,(H,21,22). The largest absolute Gasteiger partial charge is 0.492 e. The van der Waals surface area contributed by atoms with Crippen molar-refractivity contribution < 1.29 is 4.74 Å². The molecule has 27 heavy (non-hydrogen) atoms. The van der Waals surface area contributed by atoms with Gasteiger partial charge in [0.1, 0.15) is 24.7 Å². The van der Waals surface area contributed by atoms with Crippen molar-refractivity contribution in [1.29, 1.82) is 0 Å². The molecular formula is C19H27ClN6O. The van der Waals surface area contributed by atoms with Crippen molar-refractivity contribution >= 4 is 17.6 Å². The van der Waals surface area contributed by atoms with E-state index in [-0.39, 0.29) is 0 Å². The molecule has 8 heteroatoms. The molecule has 2 heterocycles. The van der Waals surface area contributed by atoms with Crippen LogP contribution in [0.3, 0.4) is 0 Å². The van der Waals surface area contributed by atoms with Crippen molar-refractivity contribution in [2.75, 3.05) is 26.7 Å². The lowest BCUT2D eigenvalue weighted by molar-refractivity contribution is 0.281. The van der Waals surface area contributed by atoms with Crippen LogP contribution in [0.5, 0.6) is 5.75 Å². The molecular weight excluding hydrogens is 364 g/mol. The van der Waals surface area contributed by atoms with Gasteiger partial charge in [0, 0.05) is 31.6 Å². The summed E-state index contributed by atoms with van der Waals surface area (Å²) in [7, 11) is 2.01. The molecule has 1 aliphatic rings. The van der Waals surface area contributed by atoms with Crippen LogP contribution in [-0.4, -0.2) is 52.4 Å². The maximum atomic E-state index is 5.89. The highest BCUT2D eigenvalue weighted by molar-refractivity contribution is 6.30. The fourth-order valence-corrected chi connectivity index (χ4v) is 3.16. The minimum absolute atomic E-state index is 0.526. The van der Waals surface area contributed by atoms with E-state index >= 15 is 0 Å². The summed E-state index contributed by atoms with van der Waals surface area (Å²) in [6.07, 6.45) is 3.39. The highest BCUT2D eigenvalue weighted by atomic mass is 35.5. The molecule has 0 saturated heterocycles. The molecule has 7 nitrogen and oxygen atoms in total. The summed E-state index contributed by atoms with van der Waals surface area (Å²) in [5.41, 5.74) is 0. The molecule has 3 rings (SSSR count). The predicted molar refractivity (Wildman–Crippen MR) is 107 cm³/mol. The van der Waals surface area contributed by atoms with Gasteiger partial charge < -0.3 is 19.5 Å². The van der Waals surface area contributed by atoms with Crippen molar-refractivity contribution in [3.63, 3.8) is 0 Å². The lowest BCUT2D eigenvalue weighted by Crippen LogP contribution is -2.41. The van der Waals surface area contributed by atoms with Crippen LogP contribution in [0.4, 0.5) is 0 Å². The summed E-state index contributed by atoms with van der Waals surface area (Å²) in [5.74, 6) is 3.67. The van der Waals surface area contributed by atoms with Crippen LogP contribution in [0.2, 0.25) is 5.02 Å². The first kappa shape index (κ1) is 19.5. The van der Waals surface area contributed by atoms with Gasteiger partial charge in [-0.15, -0.1) is 10.2 Å². The van der Waals surface area contributed by atoms with E-state index in [0.29, 0.717) is 24.7 Å². The molecule has 1 aliphatic heterocycles. The van der Waals surface area contributed by atoms with E-state index in [1.807, 2.05) is 31.3 Å². The highest BCUT2D eigenvalue weighted by Crippen LogP contribution is 2.16. The second-order valence-corrected chi connectivity index (χ2v) is 6.97. The fraction of sp³-hybridized carbons (Fsp3) is 0.526. The number of halogens is 1. The number of hydrogen-bond donors (Lipinski definition) is 1. The molecule has 0 unspecified atom stereocenters. The van der Waals surface area contributed by atoms with E-state index in [0.717, 1.165) is 42.9 Å². The Labute approximate surface area is 165 Å². The number of nitrogens with one attached hydrogen (secondary N) is 1. The number of ether oxygens (including phenoxy) is 1. The van der Waals surface area contributed by atoms with Crippen LogP contribution in [0.25, 0.3) is 0 Å². The molecule has 0 bridgehead atoms. The van der Waals surface area contributed by atoms with Gasteiger partial charge in [-0.05, 0) is 44.0 Å². The van der Waals surface area contributed by atoms with E-state index in [4.69, 9.17) is 21.3 Å². The Morgan fingerprint density at radius 1 is 1.30 bits per heavy atom. The van der Waals surface area contributed by atoms with Gasteiger partial charge in [0.25, 0.3) is 0 Å². The van der Waals surface area contributed by atoms with Crippen molar-refractivity contribution in [3.8, 4) is 5.75 Å². The van der Waals surface area contributed by atoms with Crippen LogP contribution in [0.1, 0.15) is 31.4 Å². The summed E-state index contributed by atoms with van der Waals surface area (Å²) in [6.45, 7) is 5.66. The minimum atomic E-state index is 0.526. The van der Waals surface area contributed by atoms with Crippen LogP contribution >= 0.6 is 11.6 Å². The molecule has 1 aromatic heterocycles. The van der Waals surface area contributed by atoms with E-state index in [2.05, 4.69) is 31.9 Å². The summed E-state index contributed by atoms with van der Waals surface area (Å²) < 4.78 is 7.98. The maximum Gasteiger partial charge on any atom is 0.194 e. The van der Waals surface area contributed by atoms with Gasteiger partial charge in [0.15, 0.2) is 11.8 Å². The maximum absolute atomic E-state index is 5.89. The van der Waals surface area contributed by atoms with Gasteiger partial charge in [-0.25, -0.2) is 4.99 Å². The zero-order chi connectivity index (χ0) is 19.1. The summed E-state index contributed by atoms with van der Waals surface area (Å²) in [4.78, 5) is 6.80. The molecule has 146 valence electrons. The number of hydrogen-bond acceptors (Lipinski definition) is 4. The summed E-state index contributed by atoms with van der Waals surface area (Å²) >= 11 is 5.89. The van der Waals surface area contributed by atoms with Crippen LogP contribution < -0.4 is 10.1 Å². The Hall–Kier alpha value is -2.28. The third kappa shape index (κ3) is 5.35. The van der Waals surface area contributed by atoms with Gasteiger partial charge in [-0.3, -0.25) is 0 Å². The van der Waals surface area contributed by atoms with Gasteiger partial charge in [-0.1, -0.05) is 11.6 Å². The Bertz CT molecular complexity index is 758. The topological polar surface area (TPSA) is 67.6 Å². The lowest BCUT2D eigenvalue weighted by atomic mass is 10.2. The van der Waals surface area contributed by atoms with E-state index < -0.39 is 0 Å². The average molecular weight is 391 g/mol. The third-order valence-electron chi connectivity index (χ3n) is 4.51. The number of likely N-dealkylation sites (N-methyl/N-ethyl adjacent to an activating group) is 1. The monoisotopic (exact) mass is 390 g/mol. The van der Waals surface area contributed by atoms with Crippen molar-refractivity contribution in [3.05, 3.63) is 40.9 Å². The number of aryl methyl sites for hydroxylation is 1. The number of guanidine groups is 1. The normalized spacial score (nSPS) is 14.0. The van der Waals surface area contributed by atoms with Gasteiger partial charge in [-0.2, -0.15) is 0 Å². The molecule has 1 aromatic carbocycles. The lowest BCUT2D eigenvalue weighted by Gasteiger charge is -2.22. The number of nitrogens with zero attached hydrogens (tertiary/aromatic N) is 5. The van der Waals surface area contributed by atoms with Crippen LogP contribution in [-0.2, 0) is 19.5 Å². The smallest absolute Gasteiger partial charge is 0.194 e. The van der Waals surface area contributed by atoms with Crippen LogP contribution in [0.15, 0.2) is 29.3 Å². The van der Waals surface area contributed by atoms with Crippen molar-refractivity contribution in [1.82, 2.24) is 25.0 Å². The minimum Gasteiger partial charge on any atom is -0.492 e. The van der Waals surface area contributed by atoms with E-state index in [1.165, 1.54) is 12.8 Å². The van der Waals surface area contributed by atoms with Crippen LogP contribution in [0, 0.1) is 0 Å². The highest BCUT2D eigenvalue weighted by Gasteiger charge is 2.15. The van der Waals surface area contributed by atoms with Gasteiger partial charge in [0.05, 0.1) is 6.54 Å². The second-order valence-electron chi connectivity index (χ2n) is 6.54. The first-order valence-corrected chi connectivity index (χ1v) is 9.84. The summed E-state index contributed by atoms with van der Waals surface area (Å²) in [6, 6.07) is 7.39. The average Bonchev–Trinajstić information content (AvgIpc) is 3.10. The molecule has 0 aliphatic carbocycles. The second kappa shape index (κ2) is 9.60.